The van der Waals surface area contributed by atoms with Gasteiger partial charge in [-0.25, -0.2) is 5.84 Å². The molecule has 1 heterocycles. The van der Waals surface area contributed by atoms with E-state index in [-0.39, 0.29) is 0 Å². The Labute approximate surface area is 114 Å². The Bertz CT molecular complexity index is 359. The quantitative estimate of drug-likeness (QED) is 0.372. The average Bonchev–Trinajstić information content (AvgIpc) is 2.81. The summed E-state index contributed by atoms with van der Waals surface area (Å²) >= 11 is 1.79. The maximum Gasteiger partial charge on any atom is 0.208 e. The Morgan fingerprint density at radius 3 is 2.72 bits per heavy atom. The molecule has 0 aromatic carbocycles. The second-order valence-electron chi connectivity index (χ2n) is 4.95. The molecule has 0 fully saturated rings. The van der Waals surface area contributed by atoms with E-state index in [1.165, 1.54) is 4.88 Å². The predicted molar refractivity (Wildman–Crippen MR) is 79.7 cm³/mol. The summed E-state index contributed by atoms with van der Waals surface area (Å²) in [5.74, 6) is 6.84. The summed E-state index contributed by atoms with van der Waals surface area (Å²) in [6, 6.07) is 4.61. The molecule has 0 saturated carbocycles. The van der Waals surface area contributed by atoms with Crippen LogP contribution >= 0.6 is 11.3 Å². The van der Waals surface area contributed by atoms with Crippen molar-refractivity contribution >= 4 is 17.3 Å². The van der Waals surface area contributed by atoms with Crippen LogP contribution in [0.1, 0.15) is 25.6 Å². The number of thiophene rings is 1. The lowest BCUT2D eigenvalue weighted by atomic mass is 10.2. The van der Waals surface area contributed by atoms with Crippen LogP contribution < -0.4 is 11.3 Å². The van der Waals surface area contributed by atoms with Gasteiger partial charge in [0.2, 0.25) is 5.96 Å². The van der Waals surface area contributed by atoms with Gasteiger partial charge in [-0.3, -0.25) is 10.4 Å². The number of hydrogen-bond donors (Lipinski definition) is 2. The van der Waals surface area contributed by atoms with Crippen LogP contribution in [-0.4, -0.2) is 30.5 Å². The fourth-order valence-corrected chi connectivity index (χ4v) is 2.42. The molecule has 102 valence electrons. The highest BCUT2D eigenvalue weighted by Gasteiger charge is 2.14. The highest BCUT2D eigenvalue weighted by molar-refractivity contribution is 7.09. The van der Waals surface area contributed by atoms with Crippen LogP contribution in [0.2, 0.25) is 0 Å². The van der Waals surface area contributed by atoms with Crippen molar-refractivity contribution in [2.24, 2.45) is 16.8 Å². The molecule has 0 saturated heterocycles. The molecule has 0 radical (unpaired) electrons. The molecule has 0 aliphatic heterocycles. The molecule has 0 bridgehead atoms. The number of hydrogen-bond acceptors (Lipinski definition) is 3. The topological polar surface area (TPSA) is 53.6 Å². The van der Waals surface area contributed by atoms with E-state index in [0.717, 1.165) is 18.9 Å². The maximum absolute atomic E-state index is 5.55. The first kappa shape index (κ1) is 15.0. The third-order valence-electron chi connectivity index (χ3n) is 2.81. The summed E-state index contributed by atoms with van der Waals surface area (Å²) in [5, 5.41) is 2.11. The van der Waals surface area contributed by atoms with E-state index in [1.807, 2.05) is 7.05 Å². The third kappa shape index (κ3) is 4.66. The van der Waals surface area contributed by atoms with E-state index in [0.29, 0.717) is 12.0 Å². The smallest absolute Gasteiger partial charge is 0.208 e. The van der Waals surface area contributed by atoms with Crippen molar-refractivity contribution in [3.63, 3.8) is 0 Å². The molecule has 0 aliphatic rings. The van der Waals surface area contributed by atoms with E-state index in [9.17, 15) is 0 Å². The molecule has 0 spiro atoms. The summed E-state index contributed by atoms with van der Waals surface area (Å²) in [5.41, 5.74) is 2.70. The number of nitrogens with zero attached hydrogens (tertiary/aromatic N) is 2. The summed E-state index contributed by atoms with van der Waals surface area (Å²) in [7, 11) is 2.03. The van der Waals surface area contributed by atoms with Crippen LogP contribution in [0.15, 0.2) is 22.5 Å². The third-order valence-corrected chi connectivity index (χ3v) is 3.71. The summed E-state index contributed by atoms with van der Waals surface area (Å²) in [6.07, 6.45) is 1.01. The van der Waals surface area contributed by atoms with Crippen LogP contribution in [0.25, 0.3) is 0 Å². The standard InChI is InChI=1S/C13H24N4S/c1-10(2)9-15-13(16-14)17(4)11(3)8-12-6-5-7-18-12/h5-7,10-11H,8-9,14H2,1-4H3,(H,15,16). The van der Waals surface area contributed by atoms with Crippen LogP contribution in [0, 0.1) is 5.92 Å². The molecule has 4 nitrogen and oxygen atoms in total. The van der Waals surface area contributed by atoms with Gasteiger partial charge in [0.1, 0.15) is 0 Å². The molecule has 5 heteroatoms. The van der Waals surface area contributed by atoms with Crippen molar-refractivity contribution in [1.82, 2.24) is 10.3 Å². The molecule has 1 aromatic heterocycles. The molecular weight excluding hydrogens is 244 g/mol. The monoisotopic (exact) mass is 268 g/mol. The molecular formula is C13H24N4S. The van der Waals surface area contributed by atoms with Gasteiger partial charge in [-0.05, 0) is 24.3 Å². The molecule has 3 N–H and O–H groups in total. The van der Waals surface area contributed by atoms with Crippen molar-refractivity contribution in [3.05, 3.63) is 22.4 Å². The number of nitrogens with two attached hydrogens (primary N) is 1. The number of likely N-dealkylation sites (N-methyl/N-ethyl adjacent to an activating group) is 1. The molecule has 1 unspecified atom stereocenters. The lowest BCUT2D eigenvalue weighted by Crippen LogP contribution is -2.47. The zero-order valence-corrected chi connectivity index (χ0v) is 12.5. The Morgan fingerprint density at radius 1 is 1.50 bits per heavy atom. The first-order valence-corrected chi connectivity index (χ1v) is 7.18. The summed E-state index contributed by atoms with van der Waals surface area (Å²) in [4.78, 5) is 7.99. The Hall–Kier alpha value is -1.07. The van der Waals surface area contributed by atoms with E-state index in [2.05, 4.69) is 53.6 Å². The van der Waals surface area contributed by atoms with Crippen molar-refractivity contribution in [2.75, 3.05) is 13.6 Å². The average molecular weight is 268 g/mol. The first-order valence-electron chi connectivity index (χ1n) is 6.30. The van der Waals surface area contributed by atoms with Gasteiger partial charge in [-0.15, -0.1) is 11.3 Å². The number of nitrogens with one attached hydrogen (secondary N) is 1. The van der Waals surface area contributed by atoms with Gasteiger partial charge in [0.25, 0.3) is 0 Å². The summed E-state index contributed by atoms with van der Waals surface area (Å²) < 4.78 is 0. The van der Waals surface area contributed by atoms with Gasteiger partial charge in [-0.2, -0.15) is 0 Å². The fraction of sp³-hybridized carbons (Fsp3) is 0.615. The van der Waals surface area contributed by atoms with E-state index in [4.69, 9.17) is 5.84 Å². The van der Waals surface area contributed by atoms with Gasteiger partial charge >= 0.3 is 0 Å². The maximum atomic E-state index is 5.55. The molecule has 1 atom stereocenters. The Kier molecular flexibility index (Phi) is 6.15. The van der Waals surface area contributed by atoms with Gasteiger partial charge in [0, 0.05) is 30.9 Å². The van der Waals surface area contributed by atoms with Crippen molar-refractivity contribution in [1.29, 1.82) is 0 Å². The minimum absolute atomic E-state index is 0.366. The van der Waals surface area contributed by atoms with Crippen LogP contribution in [0.4, 0.5) is 0 Å². The highest BCUT2D eigenvalue weighted by Crippen LogP contribution is 2.13. The number of aliphatic imine (C=N–C) groups is 1. The van der Waals surface area contributed by atoms with Gasteiger partial charge in [0.15, 0.2) is 0 Å². The number of hydrazine groups is 1. The van der Waals surface area contributed by atoms with Gasteiger partial charge < -0.3 is 4.90 Å². The lowest BCUT2D eigenvalue weighted by Gasteiger charge is -2.27. The lowest BCUT2D eigenvalue weighted by molar-refractivity contribution is 0.374. The normalized spacial score (nSPS) is 13.8. The second kappa shape index (κ2) is 7.38. The molecule has 1 aromatic rings. The van der Waals surface area contributed by atoms with E-state index < -0.39 is 0 Å². The van der Waals surface area contributed by atoms with Crippen LogP contribution in [0.5, 0.6) is 0 Å². The van der Waals surface area contributed by atoms with Gasteiger partial charge in [0.05, 0.1) is 0 Å². The fourth-order valence-electron chi connectivity index (χ4n) is 1.59. The van der Waals surface area contributed by atoms with Gasteiger partial charge in [-0.1, -0.05) is 19.9 Å². The summed E-state index contributed by atoms with van der Waals surface area (Å²) in [6.45, 7) is 7.26. The predicted octanol–water partition coefficient (Wildman–Crippen LogP) is 2.09. The largest absolute Gasteiger partial charge is 0.342 e. The Balaban J connectivity index is 2.59. The Morgan fingerprint density at radius 2 is 2.22 bits per heavy atom. The van der Waals surface area contributed by atoms with Crippen LogP contribution in [-0.2, 0) is 6.42 Å². The molecule has 1 rings (SSSR count). The molecule has 0 amide bonds. The van der Waals surface area contributed by atoms with Crippen molar-refractivity contribution in [3.8, 4) is 0 Å². The van der Waals surface area contributed by atoms with Crippen molar-refractivity contribution < 1.29 is 0 Å². The number of rotatable bonds is 5. The van der Waals surface area contributed by atoms with Crippen molar-refractivity contribution in [2.45, 2.75) is 33.2 Å². The molecule has 18 heavy (non-hydrogen) atoms. The minimum atomic E-state index is 0.366. The van der Waals surface area contributed by atoms with Crippen LogP contribution in [0.3, 0.4) is 0 Å². The first-order chi connectivity index (χ1) is 8.54. The molecule has 0 aliphatic carbocycles. The zero-order valence-electron chi connectivity index (χ0n) is 11.7. The van der Waals surface area contributed by atoms with E-state index in [1.54, 1.807) is 11.3 Å². The number of guanidine groups is 1. The SMILES string of the molecule is CC(C)CN=C(NN)N(C)C(C)Cc1cccs1. The second-order valence-corrected chi connectivity index (χ2v) is 5.98. The minimum Gasteiger partial charge on any atom is -0.342 e. The zero-order chi connectivity index (χ0) is 13.5. The van der Waals surface area contributed by atoms with E-state index >= 15 is 0 Å². The highest BCUT2D eigenvalue weighted by atomic mass is 32.1.